The minimum atomic E-state index is -0.210. The van der Waals surface area contributed by atoms with Gasteiger partial charge in [0, 0.05) is 24.1 Å². The molecule has 0 unspecified atom stereocenters. The molecule has 2 rings (SSSR count). The molecule has 0 aliphatic heterocycles. The van der Waals surface area contributed by atoms with Crippen LogP contribution >= 0.6 is 24.2 Å². The zero-order valence-corrected chi connectivity index (χ0v) is 16.2. The van der Waals surface area contributed by atoms with Gasteiger partial charge < -0.3 is 4.74 Å². The van der Waals surface area contributed by atoms with E-state index < -0.39 is 0 Å². The zero-order valence-electron chi connectivity index (χ0n) is 14.5. The molecule has 0 N–H and O–H groups in total. The maximum atomic E-state index is 11.9. The van der Waals surface area contributed by atoms with Crippen molar-refractivity contribution in [1.29, 1.82) is 0 Å². The molecule has 6 heteroatoms. The van der Waals surface area contributed by atoms with Gasteiger partial charge in [0.15, 0.2) is 0 Å². The number of carbonyl (C=O) groups is 1. The van der Waals surface area contributed by atoms with E-state index in [1.165, 1.54) is 11.9 Å². The quantitative estimate of drug-likeness (QED) is 0.435. The number of thiol groups is 1. The molecule has 0 aliphatic rings. The first kappa shape index (κ1) is 19.3. The molecule has 0 saturated heterocycles. The van der Waals surface area contributed by atoms with Crippen LogP contribution in [0.2, 0.25) is 5.02 Å². The monoisotopic (exact) mass is 376 g/mol. The third kappa shape index (κ3) is 4.35. The van der Waals surface area contributed by atoms with Gasteiger partial charge >= 0.3 is 0 Å². The predicted molar refractivity (Wildman–Crippen MR) is 106 cm³/mol. The van der Waals surface area contributed by atoms with E-state index >= 15 is 0 Å². The lowest BCUT2D eigenvalue weighted by Crippen LogP contribution is -2.23. The van der Waals surface area contributed by atoms with E-state index in [4.69, 9.17) is 16.3 Å². The highest BCUT2D eigenvalue weighted by Crippen LogP contribution is 2.32. The van der Waals surface area contributed by atoms with E-state index in [0.29, 0.717) is 16.5 Å². The van der Waals surface area contributed by atoms with E-state index in [2.05, 4.69) is 31.4 Å². The van der Waals surface area contributed by atoms with E-state index in [1.54, 1.807) is 6.07 Å². The van der Waals surface area contributed by atoms with E-state index in [-0.39, 0.29) is 12.5 Å². The fraction of sp³-hybridized carbons (Fsp3) is 0.263. The van der Waals surface area contributed by atoms with Gasteiger partial charge in [-0.05, 0) is 42.7 Å². The molecular weight excluding hydrogens is 356 g/mol. The molecule has 0 aromatic heterocycles. The molecule has 0 aliphatic carbocycles. The van der Waals surface area contributed by atoms with Gasteiger partial charge in [-0.15, -0.1) is 12.6 Å². The first-order chi connectivity index (χ1) is 11.9. The van der Waals surface area contributed by atoms with E-state index in [1.807, 2.05) is 31.2 Å². The van der Waals surface area contributed by atoms with Crippen molar-refractivity contribution in [3.63, 3.8) is 0 Å². The van der Waals surface area contributed by atoms with Gasteiger partial charge in [0.1, 0.15) is 12.4 Å². The van der Waals surface area contributed by atoms with Gasteiger partial charge in [-0.2, -0.15) is 5.10 Å². The Hall–Kier alpha value is -1.98. The number of hydrogen-bond donors (Lipinski definition) is 1. The third-order valence-corrected chi connectivity index (χ3v) is 4.70. The van der Waals surface area contributed by atoms with Crippen LogP contribution in [0.25, 0.3) is 0 Å². The summed E-state index contributed by atoms with van der Waals surface area (Å²) in [6, 6.07) is 9.35. The summed E-state index contributed by atoms with van der Waals surface area (Å²) in [5.74, 6) is 0.368. The standard InChI is InChI=1S/C19H21ClN2O2S/c1-5-14-7-6-8-17(22(21-4)13(3)23)15(14)11-24-18-9-12(2)19(25)10-16(18)20/h6-10,25H,4-5,11H2,1-3H3. The number of nitrogens with zero attached hydrogens (tertiary/aromatic N) is 2. The summed E-state index contributed by atoms with van der Waals surface area (Å²) in [6.45, 7) is 9.20. The van der Waals surface area contributed by atoms with Crippen LogP contribution in [0.15, 0.2) is 40.3 Å². The van der Waals surface area contributed by atoms with Gasteiger partial charge in [0.25, 0.3) is 0 Å². The molecule has 2 aromatic carbocycles. The second-order valence-electron chi connectivity index (χ2n) is 5.60. The Morgan fingerprint density at radius 1 is 1.40 bits per heavy atom. The number of rotatable bonds is 6. The van der Waals surface area contributed by atoms with Crippen molar-refractivity contribution in [3.8, 4) is 5.75 Å². The van der Waals surface area contributed by atoms with Gasteiger partial charge in [0.05, 0.1) is 10.7 Å². The average Bonchev–Trinajstić information content (AvgIpc) is 2.57. The predicted octanol–water partition coefficient (Wildman–Crippen LogP) is 5.05. The summed E-state index contributed by atoms with van der Waals surface area (Å²) in [7, 11) is 0. The minimum Gasteiger partial charge on any atom is -0.487 e. The van der Waals surface area contributed by atoms with Gasteiger partial charge in [-0.1, -0.05) is 30.7 Å². The largest absolute Gasteiger partial charge is 0.487 e. The maximum absolute atomic E-state index is 11.9. The first-order valence-corrected chi connectivity index (χ1v) is 8.71. The third-order valence-electron chi connectivity index (χ3n) is 3.92. The second kappa shape index (κ2) is 8.41. The number of hydrogen-bond acceptors (Lipinski definition) is 4. The minimum absolute atomic E-state index is 0.210. The number of carbonyl (C=O) groups excluding carboxylic acids is 1. The van der Waals surface area contributed by atoms with Crippen LogP contribution < -0.4 is 9.75 Å². The Morgan fingerprint density at radius 2 is 2.12 bits per heavy atom. The molecule has 2 aromatic rings. The summed E-state index contributed by atoms with van der Waals surface area (Å²) in [4.78, 5) is 12.7. The fourth-order valence-electron chi connectivity index (χ4n) is 2.57. The summed E-state index contributed by atoms with van der Waals surface area (Å²) in [6.07, 6.45) is 0.803. The Labute approximate surface area is 158 Å². The number of anilines is 1. The van der Waals surface area contributed by atoms with Crippen LogP contribution in [0, 0.1) is 6.92 Å². The van der Waals surface area contributed by atoms with E-state index in [0.717, 1.165) is 28.0 Å². The maximum Gasteiger partial charge on any atom is 0.244 e. The summed E-state index contributed by atoms with van der Waals surface area (Å²) in [5, 5.41) is 5.61. The SMILES string of the molecule is C=NN(C(C)=O)c1cccc(CC)c1COc1cc(C)c(S)cc1Cl. The lowest BCUT2D eigenvalue weighted by molar-refractivity contribution is -0.116. The van der Waals surface area contributed by atoms with Crippen molar-refractivity contribution in [2.24, 2.45) is 5.10 Å². The van der Waals surface area contributed by atoms with Crippen molar-refractivity contribution in [2.45, 2.75) is 38.7 Å². The summed E-state index contributed by atoms with van der Waals surface area (Å²) >= 11 is 10.6. The number of aryl methyl sites for hydroxylation is 2. The van der Waals surface area contributed by atoms with Gasteiger partial charge in [0.2, 0.25) is 5.91 Å². The molecule has 0 radical (unpaired) electrons. The molecule has 4 nitrogen and oxygen atoms in total. The van der Waals surface area contributed by atoms with Crippen LogP contribution in [0.4, 0.5) is 5.69 Å². The highest BCUT2D eigenvalue weighted by molar-refractivity contribution is 7.80. The van der Waals surface area contributed by atoms with Crippen molar-refractivity contribution < 1.29 is 9.53 Å². The second-order valence-corrected chi connectivity index (χ2v) is 6.49. The average molecular weight is 377 g/mol. The Balaban J connectivity index is 2.40. The molecule has 0 saturated carbocycles. The Kier molecular flexibility index (Phi) is 6.51. The Bertz CT molecular complexity index is 808. The highest BCUT2D eigenvalue weighted by Gasteiger charge is 2.17. The summed E-state index contributed by atoms with van der Waals surface area (Å²) < 4.78 is 5.95. The van der Waals surface area contributed by atoms with Crippen LogP contribution in [-0.4, -0.2) is 12.6 Å². The van der Waals surface area contributed by atoms with Crippen molar-refractivity contribution >= 4 is 42.5 Å². The number of amides is 1. The number of halogens is 1. The normalized spacial score (nSPS) is 10.4. The van der Waals surface area contributed by atoms with E-state index in [9.17, 15) is 4.79 Å². The molecular formula is C19H21ClN2O2S. The Morgan fingerprint density at radius 3 is 2.72 bits per heavy atom. The molecule has 1 amide bonds. The highest BCUT2D eigenvalue weighted by atomic mass is 35.5. The number of hydrazone groups is 1. The number of ether oxygens (including phenoxy) is 1. The lowest BCUT2D eigenvalue weighted by Gasteiger charge is -2.21. The first-order valence-electron chi connectivity index (χ1n) is 7.89. The van der Waals surface area contributed by atoms with Crippen LogP contribution in [0.5, 0.6) is 5.75 Å². The van der Waals surface area contributed by atoms with Crippen LogP contribution in [-0.2, 0) is 17.8 Å². The molecule has 132 valence electrons. The van der Waals surface area contributed by atoms with Crippen LogP contribution in [0.1, 0.15) is 30.5 Å². The smallest absolute Gasteiger partial charge is 0.244 e. The molecule has 0 bridgehead atoms. The molecule has 0 heterocycles. The molecule has 0 spiro atoms. The topological polar surface area (TPSA) is 41.9 Å². The molecule has 0 atom stereocenters. The van der Waals surface area contributed by atoms with Crippen molar-refractivity contribution in [3.05, 3.63) is 52.0 Å². The zero-order chi connectivity index (χ0) is 18.6. The van der Waals surface area contributed by atoms with Crippen molar-refractivity contribution in [2.75, 3.05) is 5.01 Å². The number of benzene rings is 2. The van der Waals surface area contributed by atoms with Gasteiger partial charge in [-0.25, -0.2) is 5.01 Å². The van der Waals surface area contributed by atoms with Gasteiger partial charge in [-0.3, -0.25) is 4.79 Å². The lowest BCUT2D eigenvalue weighted by atomic mass is 10.0. The van der Waals surface area contributed by atoms with Crippen molar-refractivity contribution in [1.82, 2.24) is 0 Å². The molecule has 25 heavy (non-hydrogen) atoms. The summed E-state index contributed by atoms with van der Waals surface area (Å²) in [5.41, 5.74) is 3.60. The fourth-order valence-corrected chi connectivity index (χ4v) is 3.06. The van der Waals surface area contributed by atoms with Crippen LogP contribution in [0.3, 0.4) is 0 Å². The molecule has 0 fully saturated rings.